The molecule has 140 valence electrons. The number of hydrogen-bond acceptors (Lipinski definition) is 0. The van der Waals surface area contributed by atoms with Gasteiger partial charge in [-0.2, -0.15) is 0 Å². The third-order valence-corrected chi connectivity index (χ3v) is 6.31. The maximum atomic E-state index is 3.76. The summed E-state index contributed by atoms with van der Waals surface area (Å²) in [5.74, 6) is 0. The van der Waals surface area contributed by atoms with Crippen molar-refractivity contribution >= 4 is 54.4 Å². The van der Waals surface area contributed by atoms with Crippen LogP contribution < -0.4 is 0 Å². The fraction of sp³-hybridized carbons (Fsp3) is 0. The van der Waals surface area contributed by atoms with Gasteiger partial charge in [-0.25, -0.2) is 0 Å². The Bertz CT molecular complexity index is 1730. The van der Waals surface area contributed by atoms with Crippen molar-refractivity contribution in [3.05, 3.63) is 103 Å². The molecule has 0 fully saturated rings. The highest BCUT2D eigenvalue weighted by Crippen LogP contribution is 2.40. The third kappa shape index (κ3) is 1.98. The summed E-state index contributed by atoms with van der Waals surface area (Å²) in [7, 11) is 0. The lowest BCUT2D eigenvalue weighted by Gasteiger charge is -2.08. The van der Waals surface area contributed by atoms with Gasteiger partial charge in [0.1, 0.15) is 0 Å². The molecule has 0 aliphatic carbocycles. The van der Waals surface area contributed by atoms with Crippen molar-refractivity contribution < 1.29 is 0 Å². The standard InChI is InChI=1S/C28H18N2/c1-2-9-19(10-3-1)30-25-13-7-6-12-21(25)22-15-16-23-26-20-11-5-4-8-18(20)14-17-24(26)29-27(23)28(22)30/h1-17,29H. The van der Waals surface area contributed by atoms with E-state index in [9.17, 15) is 0 Å². The minimum atomic E-state index is 1.18. The first kappa shape index (κ1) is 15.8. The van der Waals surface area contributed by atoms with Crippen LogP contribution in [0.5, 0.6) is 0 Å². The van der Waals surface area contributed by atoms with Crippen LogP contribution in [0.2, 0.25) is 0 Å². The smallest absolute Gasteiger partial charge is 0.0783 e. The largest absolute Gasteiger partial charge is 0.353 e. The number of aromatic nitrogens is 2. The zero-order valence-corrected chi connectivity index (χ0v) is 16.3. The molecule has 0 radical (unpaired) electrons. The molecule has 0 saturated carbocycles. The van der Waals surface area contributed by atoms with Crippen LogP contribution in [0.4, 0.5) is 0 Å². The molecule has 30 heavy (non-hydrogen) atoms. The number of hydrogen-bond donors (Lipinski definition) is 1. The number of para-hydroxylation sites is 2. The lowest BCUT2D eigenvalue weighted by atomic mass is 10.0. The van der Waals surface area contributed by atoms with E-state index in [2.05, 4.69) is 113 Å². The van der Waals surface area contributed by atoms with E-state index in [1.54, 1.807) is 0 Å². The summed E-state index contributed by atoms with van der Waals surface area (Å²) >= 11 is 0. The molecule has 0 atom stereocenters. The van der Waals surface area contributed by atoms with Gasteiger partial charge in [-0.15, -0.1) is 0 Å². The SMILES string of the molecule is c1ccc(-n2c3ccccc3c3ccc4c([nH]c5ccc6ccccc6c54)c32)cc1. The Balaban J connectivity index is 1.76. The quantitative estimate of drug-likeness (QED) is 0.302. The molecular weight excluding hydrogens is 364 g/mol. The molecule has 2 heterocycles. The molecule has 5 aromatic carbocycles. The Morgan fingerprint density at radius 3 is 2.17 bits per heavy atom. The average Bonchev–Trinajstić information content (AvgIpc) is 3.35. The fourth-order valence-electron chi connectivity index (χ4n) is 5.04. The molecule has 1 N–H and O–H groups in total. The van der Waals surface area contributed by atoms with E-state index in [0.29, 0.717) is 0 Å². The molecule has 0 amide bonds. The van der Waals surface area contributed by atoms with Crippen LogP contribution in [-0.4, -0.2) is 9.55 Å². The average molecular weight is 382 g/mol. The van der Waals surface area contributed by atoms with Crippen molar-refractivity contribution in [3.63, 3.8) is 0 Å². The third-order valence-electron chi connectivity index (χ3n) is 6.31. The molecule has 0 bridgehead atoms. The van der Waals surface area contributed by atoms with Crippen LogP contribution >= 0.6 is 0 Å². The van der Waals surface area contributed by atoms with E-state index >= 15 is 0 Å². The topological polar surface area (TPSA) is 20.7 Å². The number of nitrogens with one attached hydrogen (secondary N) is 1. The molecule has 2 aromatic heterocycles. The van der Waals surface area contributed by atoms with Gasteiger partial charge in [-0.3, -0.25) is 0 Å². The Morgan fingerprint density at radius 1 is 0.533 bits per heavy atom. The molecule has 7 aromatic rings. The molecule has 2 heteroatoms. The number of nitrogens with zero attached hydrogens (tertiary/aromatic N) is 1. The van der Waals surface area contributed by atoms with Crippen molar-refractivity contribution in [2.45, 2.75) is 0 Å². The zero-order valence-electron chi connectivity index (χ0n) is 16.3. The molecule has 0 aliphatic heterocycles. The van der Waals surface area contributed by atoms with Gasteiger partial charge >= 0.3 is 0 Å². The monoisotopic (exact) mass is 382 g/mol. The molecule has 7 rings (SSSR count). The van der Waals surface area contributed by atoms with Gasteiger partial charge in [0.2, 0.25) is 0 Å². The van der Waals surface area contributed by atoms with Crippen molar-refractivity contribution in [3.8, 4) is 5.69 Å². The van der Waals surface area contributed by atoms with Crippen LogP contribution in [0.3, 0.4) is 0 Å². The van der Waals surface area contributed by atoms with Gasteiger partial charge < -0.3 is 9.55 Å². The van der Waals surface area contributed by atoms with Crippen LogP contribution in [0.25, 0.3) is 60.1 Å². The summed E-state index contributed by atoms with van der Waals surface area (Å²) in [5, 5.41) is 7.70. The van der Waals surface area contributed by atoms with E-state index in [1.807, 2.05) is 0 Å². The molecular formula is C28H18N2. The Hall–Kier alpha value is -4.04. The number of benzene rings is 5. The van der Waals surface area contributed by atoms with Crippen molar-refractivity contribution in [1.29, 1.82) is 0 Å². The van der Waals surface area contributed by atoms with Crippen molar-refractivity contribution in [1.82, 2.24) is 9.55 Å². The Labute approximate surface area is 173 Å². The minimum Gasteiger partial charge on any atom is -0.353 e. The maximum absolute atomic E-state index is 3.76. The molecule has 2 nitrogen and oxygen atoms in total. The second-order valence-corrected chi connectivity index (χ2v) is 7.91. The first-order valence-electron chi connectivity index (χ1n) is 10.3. The van der Waals surface area contributed by atoms with Gasteiger partial charge in [0.05, 0.1) is 16.6 Å². The van der Waals surface area contributed by atoms with E-state index in [1.165, 1.54) is 60.1 Å². The summed E-state index contributed by atoms with van der Waals surface area (Å²) in [6.45, 7) is 0. The molecule has 0 aliphatic rings. The Kier molecular flexibility index (Phi) is 3.03. The predicted octanol–water partition coefficient (Wildman–Crippen LogP) is 7.57. The summed E-state index contributed by atoms with van der Waals surface area (Å²) in [6.07, 6.45) is 0. The summed E-state index contributed by atoms with van der Waals surface area (Å²) in [6, 6.07) is 37.0. The van der Waals surface area contributed by atoms with E-state index < -0.39 is 0 Å². The van der Waals surface area contributed by atoms with E-state index in [0.717, 1.165) is 0 Å². The van der Waals surface area contributed by atoms with E-state index in [-0.39, 0.29) is 0 Å². The predicted molar refractivity (Wildman–Crippen MR) is 128 cm³/mol. The van der Waals surface area contributed by atoms with Gasteiger partial charge in [-0.05, 0) is 35.0 Å². The van der Waals surface area contributed by atoms with Crippen LogP contribution in [0.15, 0.2) is 103 Å². The molecule has 0 spiro atoms. The summed E-state index contributed by atoms with van der Waals surface area (Å²) < 4.78 is 2.39. The van der Waals surface area contributed by atoms with Crippen LogP contribution in [-0.2, 0) is 0 Å². The lowest BCUT2D eigenvalue weighted by Crippen LogP contribution is -1.93. The van der Waals surface area contributed by atoms with E-state index in [4.69, 9.17) is 0 Å². The summed E-state index contributed by atoms with van der Waals surface area (Å²) in [4.78, 5) is 3.76. The van der Waals surface area contributed by atoms with Gasteiger partial charge in [-0.1, -0.05) is 78.9 Å². The zero-order chi connectivity index (χ0) is 19.7. The minimum absolute atomic E-state index is 1.18. The highest BCUT2D eigenvalue weighted by atomic mass is 15.0. The van der Waals surface area contributed by atoms with Crippen LogP contribution in [0.1, 0.15) is 0 Å². The molecule has 0 unspecified atom stereocenters. The van der Waals surface area contributed by atoms with Gasteiger partial charge in [0.25, 0.3) is 0 Å². The first-order valence-corrected chi connectivity index (χ1v) is 10.3. The second kappa shape index (κ2) is 5.74. The van der Waals surface area contributed by atoms with Crippen LogP contribution in [0, 0.1) is 0 Å². The number of aromatic amines is 1. The number of H-pyrrole nitrogens is 1. The Morgan fingerprint density at radius 2 is 1.27 bits per heavy atom. The lowest BCUT2D eigenvalue weighted by molar-refractivity contribution is 1.18. The van der Waals surface area contributed by atoms with Crippen molar-refractivity contribution in [2.24, 2.45) is 0 Å². The second-order valence-electron chi connectivity index (χ2n) is 7.91. The normalized spacial score (nSPS) is 12.0. The van der Waals surface area contributed by atoms with Gasteiger partial charge in [0.15, 0.2) is 0 Å². The fourth-order valence-corrected chi connectivity index (χ4v) is 5.04. The summed E-state index contributed by atoms with van der Waals surface area (Å²) in [5.41, 5.74) is 6.02. The molecule has 0 saturated heterocycles. The van der Waals surface area contributed by atoms with Gasteiger partial charge in [0, 0.05) is 32.7 Å². The number of fused-ring (bicyclic) bond motifs is 9. The highest BCUT2D eigenvalue weighted by molar-refractivity contribution is 6.27. The maximum Gasteiger partial charge on any atom is 0.0783 e. The highest BCUT2D eigenvalue weighted by Gasteiger charge is 2.17. The first-order chi connectivity index (χ1) is 14.9. The van der Waals surface area contributed by atoms with Crippen molar-refractivity contribution in [2.75, 3.05) is 0 Å². The number of rotatable bonds is 1.